The van der Waals surface area contributed by atoms with Crippen LogP contribution in [-0.4, -0.2) is 26.0 Å². The van der Waals surface area contributed by atoms with Crippen LogP contribution in [0.2, 0.25) is 0 Å². The largest absolute Gasteiger partial charge is 0.480 e. The van der Waals surface area contributed by atoms with E-state index in [0.717, 1.165) is 10.6 Å². The predicted molar refractivity (Wildman–Crippen MR) is 86.3 cm³/mol. The zero-order valence-corrected chi connectivity index (χ0v) is 13.4. The second-order valence-corrected chi connectivity index (χ2v) is 7.11. The first kappa shape index (κ1) is 16.3. The average Bonchev–Trinajstić information content (AvgIpc) is 2.87. The molecule has 0 aliphatic carbocycles. The van der Waals surface area contributed by atoms with E-state index < -0.39 is 16.5 Å². The summed E-state index contributed by atoms with van der Waals surface area (Å²) in [5, 5.41) is 15.7. The molecule has 0 aliphatic heterocycles. The summed E-state index contributed by atoms with van der Waals surface area (Å²) in [7, 11) is 0. The summed E-state index contributed by atoms with van der Waals surface area (Å²) in [5.74, 6) is -1.29. The lowest BCUT2D eigenvalue weighted by Gasteiger charge is -2.18. The minimum Gasteiger partial charge on any atom is -0.480 e. The summed E-state index contributed by atoms with van der Waals surface area (Å²) in [4.78, 5) is 11.9. The number of halogens is 1. The number of carboxylic acid groups (broad SMARTS) is 1. The first-order valence-corrected chi connectivity index (χ1v) is 7.51. The van der Waals surface area contributed by atoms with E-state index >= 15 is 0 Å². The molecule has 0 aliphatic rings. The van der Waals surface area contributed by atoms with Gasteiger partial charge in [-0.15, -0.1) is 11.8 Å². The fourth-order valence-electron chi connectivity index (χ4n) is 1.73. The maximum Gasteiger partial charge on any atom is 0.319 e. The van der Waals surface area contributed by atoms with Crippen LogP contribution in [0.1, 0.15) is 30.8 Å². The lowest BCUT2D eigenvalue weighted by atomic mass is 10.2. The van der Waals surface area contributed by atoms with Gasteiger partial charge in [0.25, 0.3) is 0 Å². The van der Waals surface area contributed by atoms with Crippen LogP contribution in [0.4, 0.5) is 4.39 Å². The van der Waals surface area contributed by atoms with Crippen molar-refractivity contribution >= 4 is 29.6 Å². The highest BCUT2D eigenvalue weighted by atomic mass is 32.2. The van der Waals surface area contributed by atoms with E-state index in [9.17, 15) is 9.18 Å². The quantitative estimate of drug-likeness (QED) is 0.813. The Morgan fingerprint density at radius 2 is 2.00 bits per heavy atom. The SMILES string of the molecule is Cc1cc(C(F)=Cc2ccc(SC(C)(C)C(=O)O)cc2)n[nH]1. The normalized spacial score (nSPS) is 12.5. The first-order valence-electron chi connectivity index (χ1n) is 6.70. The molecule has 0 saturated carbocycles. The van der Waals surface area contributed by atoms with E-state index in [1.807, 2.05) is 0 Å². The second-order valence-electron chi connectivity index (χ2n) is 5.42. The molecule has 116 valence electrons. The van der Waals surface area contributed by atoms with Gasteiger partial charge >= 0.3 is 5.97 Å². The number of aryl methyl sites for hydroxylation is 1. The monoisotopic (exact) mass is 320 g/mol. The Hall–Kier alpha value is -2.08. The Kier molecular flexibility index (Phi) is 4.71. The van der Waals surface area contributed by atoms with Crippen molar-refractivity contribution in [3.05, 3.63) is 47.3 Å². The summed E-state index contributed by atoms with van der Waals surface area (Å²) in [6, 6.07) is 8.69. The number of nitrogens with zero attached hydrogens (tertiary/aromatic N) is 1. The molecule has 1 aromatic carbocycles. The number of hydrogen-bond acceptors (Lipinski definition) is 3. The number of aromatic amines is 1. The smallest absolute Gasteiger partial charge is 0.319 e. The lowest BCUT2D eigenvalue weighted by molar-refractivity contribution is -0.138. The zero-order chi connectivity index (χ0) is 16.3. The molecular formula is C16H17FN2O2S. The molecule has 22 heavy (non-hydrogen) atoms. The number of carboxylic acids is 1. The standard InChI is InChI=1S/C16H17FN2O2S/c1-10-8-14(19-18-10)13(17)9-11-4-6-12(7-5-11)22-16(2,3)15(20)21/h4-9H,1-3H3,(H,18,19)(H,20,21). The van der Waals surface area contributed by atoms with E-state index in [4.69, 9.17) is 5.11 Å². The molecule has 4 nitrogen and oxygen atoms in total. The maximum atomic E-state index is 14.0. The third-order valence-electron chi connectivity index (χ3n) is 3.01. The van der Waals surface area contributed by atoms with Gasteiger partial charge in [-0.25, -0.2) is 4.39 Å². The van der Waals surface area contributed by atoms with Crippen LogP contribution in [0.5, 0.6) is 0 Å². The number of H-pyrrole nitrogens is 1. The second kappa shape index (κ2) is 6.36. The van der Waals surface area contributed by atoms with Gasteiger partial charge in [0.05, 0.1) is 0 Å². The number of rotatable bonds is 5. The highest BCUT2D eigenvalue weighted by molar-refractivity contribution is 8.01. The Labute approximate surface area is 132 Å². The minimum absolute atomic E-state index is 0.267. The van der Waals surface area contributed by atoms with E-state index in [0.29, 0.717) is 5.56 Å². The van der Waals surface area contributed by atoms with Gasteiger partial charge in [-0.3, -0.25) is 9.89 Å². The Morgan fingerprint density at radius 1 is 1.36 bits per heavy atom. The Morgan fingerprint density at radius 3 is 2.50 bits per heavy atom. The van der Waals surface area contributed by atoms with Crippen LogP contribution in [0.3, 0.4) is 0 Å². The van der Waals surface area contributed by atoms with Gasteiger partial charge in [-0.1, -0.05) is 12.1 Å². The van der Waals surface area contributed by atoms with Gasteiger partial charge in [0, 0.05) is 10.6 Å². The van der Waals surface area contributed by atoms with Crippen molar-refractivity contribution in [1.29, 1.82) is 0 Å². The van der Waals surface area contributed by atoms with Gasteiger partial charge in [0.15, 0.2) is 5.83 Å². The fourth-order valence-corrected chi connectivity index (χ4v) is 2.68. The molecule has 2 aromatic rings. The molecule has 0 radical (unpaired) electrons. The molecule has 0 spiro atoms. The zero-order valence-electron chi connectivity index (χ0n) is 12.6. The number of aromatic nitrogens is 2. The topological polar surface area (TPSA) is 66.0 Å². The number of benzene rings is 1. The van der Waals surface area contributed by atoms with Crippen LogP contribution < -0.4 is 0 Å². The summed E-state index contributed by atoms with van der Waals surface area (Å²) in [6.07, 6.45) is 1.40. The molecule has 0 bridgehead atoms. The Balaban J connectivity index is 2.14. The van der Waals surface area contributed by atoms with Crippen molar-refractivity contribution in [3.63, 3.8) is 0 Å². The number of carbonyl (C=O) groups is 1. The molecule has 6 heteroatoms. The fraction of sp³-hybridized carbons (Fsp3) is 0.250. The van der Waals surface area contributed by atoms with Crippen molar-refractivity contribution in [2.75, 3.05) is 0 Å². The van der Waals surface area contributed by atoms with Gasteiger partial charge in [-0.05, 0) is 50.6 Å². The third-order valence-corrected chi connectivity index (χ3v) is 4.20. The number of hydrogen-bond donors (Lipinski definition) is 2. The van der Waals surface area contributed by atoms with Crippen LogP contribution in [0.25, 0.3) is 11.9 Å². The number of aliphatic carboxylic acids is 1. The summed E-state index contributed by atoms with van der Waals surface area (Å²) < 4.78 is 13.1. The highest BCUT2D eigenvalue weighted by Crippen LogP contribution is 2.33. The van der Waals surface area contributed by atoms with Crippen LogP contribution >= 0.6 is 11.8 Å². The predicted octanol–water partition coefficient (Wildman–Crippen LogP) is 4.14. The van der Waals surface area contributed by atoms with Gasteiger partial charge in [0.2, 0.25) is 0 Å². The van der Waals surface area contributed by atoms with E-state index in [2.05, 4.69) is 10.2 Å². The highest BCUT2D eigenvalue weighted by Gasteiger charge is 2.28. The molecule has 0 saturated heterocycles. The molecule has 0 atom stereocenters. The van der Waals surface area contributed by atoms with Crippen molar-refractivity contribution in [1.82, 2.24) is 10.2 Å². The van der Waals surface area contributed by atoms with Gasteiger partial charge < -0.3 is 5.11 Å². The van der Waals surface area contributed by atoms with Gasteiger partial charge in [-0.2, -0.15) is 5.10 Å². The molecular weight excluding hydrogens is 303 g/mol. The molecule has 2 N–H and O–H groups in total. The van der Waals surface area contributed by atoms with Crippen molar-refractivity contribution in [3.8, 4) is 0 Å². The van der Waals surface area contributed by atoms with E-state index in [1.54, 1.807) is 51.1 Å². The molecule has 0 fully saturated rings. The van der Waals surface area contributed by atoms with E-state index in [-0.39, 0.29) is 5.69 Å². The average molecular weight is 320 g/mol. The first-order chi connectivity index (χ1) is 10.3. The minimum atomic E-state index is -0.908. The maximum absolute atomic E-state index is 14.0. The van der Waals surface area contributed by atoms with Crippen LogP contribution in [0.15, 0.2) is 35.2 Å². The number of nitrogens with one attached hydrogen (secondary N) is 1. The van der Waals surface area contributed by atoms with Crippen LogP contribution in [-0.2, 0) is 4.79 Å². The molecule has 2 rings (SSSR count). The molecule has 1 heterocycles. The summed E-state index contributed by atoms with van der Waals surface area (Å²) in [5.41, 5.74) is 1.75. The third kappa shape index (κ3) is 3.98. The van der Waals surface area contributed by atoms with Crippen LogP contribution in [0, 0.1) is 6.92 Å². The van der Waals surface area contributed by atoms with E-state index in [1.165, 1.54) is 17.8 Å². The van der Waals surface area contributed by atoms with Gasteiger partial charge in [0.1, 0.15) is 10.4 Å². The van der Waals surface area contributed by atoms with Crippen molar-refractivity contribution < 1.29 is 14.3 Å². The Bertz CT molecular complexity index is 705. The lowest BCUT2D eigenvalue weighted by Crippen LogP contribution is -2.26. The molecule has 0 amide bonds. The molecule has 1 aromatic heterocycles. The summed E-state index contributed by atoms with van der Waals surface area (Å²) in [6.45, 7) is 5.10. The van der Waals surface area contributed by atoms with Crippen molar-refractivity contribution in [2.24, 2.45) is 0 Å². The number of thioether (sulfide) groups is 1. The summed E-state index contributed by atoms with van der Waals surface area (Å²) >= 11 is 1.25. The molecule has 0 unspecified atom stereocenters. The van der Waals surface area contributed by atoms with Crippen molar-refractivity contribution in [2.45, 2.75) is 30.4 Å².